The van der Waals surface area contributed by atoms with Gasteiger partial charge >= 0.3 is 0 Å². The number of piperazine rings is 1. The number of nitrogens with one attached hydrogen (secondary N) is 3. The number of hydrogen-bond donors (Lipinski definition) is 3. The second kappa shape index (κ2) is 9.28. The van der Waals surface area contributed by atoms with Crippen molar-refractivity contribution in [3.63, 3.8) is 0 Å². The standard InChI is InChI=1S/C17H22ClN5O/c1-13-2-3-15(18)10-16(13)22-12-14(11-19)17(24)21-6-9-23-7-4-20-5-8-23/h2-3,10,12,20,22H,4-9H2,1H3,(H,21,24)/b14-12-. The topological polar surface area (TPSA) is 80.2 Å². The van der Waals surface area contributed by atoms with Crippen molar-refractivity contribution in [1.29, 1.82) is 5.26 Å². The molecule has 1 saturated heterocycles. The fraction of sp³-hybridized carbons (Fsp3) is 0.412. The van der Waals surface area contributed by atoms with Gasteiger partial charge < -0.3 is 16.0 Å². The lowest BCUT2D eigenvalue weighted by molar-refractivity contribution is -0.117. The van der Waals surface area contributed by atoms with Crippen LogP contribution >= 0.6 is 11.6 Å². The van der Waals surface area contributed by atoms with Gasteiger partial charge in [-0.2, -0.15) is 5.26 Å². The molecule has 1 amide bonds. The molecule has 1 aliphatic heterocycles. The molecule has 128 valence electrons. The highest BCUT2D eigenvalue weighted by atomic mass is 35.5. The van der Waals surface area contributed by atoms with Crippen molar-refractivity contribution in [3.05, 3.63) is 40.6 Å². The number of nitrogens with zero attached hydrogens (tertiary/aromatic N) is 2. The van der Waals surface area contributed by atoms with E-state index in [1.807, 2.05) is 19.1 Å². The van der Waals surface area contributed by atoms with Crippen LogP contribution in [0.25, 0.3) is 0 Å². The van der Waals surface area contributed by atoms with Crippen LogP contribution in [0.5, 0.6) is 0 Å². The molecule has 1 aromatic rings. The van der Waals surface area contributed by atoms with Crippen molar-refractivity contribution < 1.29 is 4.79 Å². The van der Waals surface area contributed by atoms with Gasteiger partial charge in [0.05, 0.1) is 0 Å². The van der Waals surface area contributed by atoms with Gasteiger partial charge in [0.2, 0.25) is 0 Å². The van der Waals surface area contributed by atoms with Crippen LogP contribution in [0.4, 0.5) is 5.69 Å². The van der Waals surface area contributed by atoms with Crippen LogP contribution in [0, 0.1) is 18.3 Å². The summed E-state index contributed by atoms with van der Waals surface area (Å²) in [5.74, 6) is -0.375. The minimum atomic E-state index is -0.375. The van der Waals surface area contributed by atoms with Crippen LogP contribution in [0.2, 0.25) is 5.02 Å². The molecule has 7 heteroatoms. The molecule has 0 aliphatic carbocycles. The van der Waals surface area contributed by atoms with Crippen LogP contribution in [-0.2, 0) is 4.79 Å². The first-order chi connectivity index (χ1) is 11.6. The Morgan fingerprint density at radius 1 is 1.46 bits per heavy atom. The van der Waals surface area contributed by atoms with Crippen LogP contribution in [0.3, 0.4) is 0 Å². The Morgan fingerprint density at radius 2 is 2.21 bits per heavy atom. The highest BCUT2D eigenvalue weighted by Gasteiger charge is 2.11. The van der Waals surface area contributed by atoms with Gasteiger partial charge in [-0.15, -0.1) is 0 Å². The Morgan fingerprint density at radius 3 is 2.92 bits per heavy atom. The first kappa shape index (κ1) is 18.3. The van der Waals surface area contributed by atoms with E-state index in [1.165, 1.54) is 6.20 Å². The maximum atomic E-state index is 12.1. The summed E-state index contributed by atoms with van der Waals surface area (Å²) in [4.78, 5) is 14.4. The molecular weight excluding hydrogens is 326 g/mol. The zero-order chi connectivity index (χ0) is 17.4. The van der Waals surface area contributed by atoms with Gasteiger partial charge in [-0.25, -0.2) is 0 Å². The Kier molecular flexibility index (Phi) is 7.07. The highest BCUT2D eigenvalue weighted by Crippen LogP contribution is 2.20. The van der Waals surface area contributed by atoms with Gasteiger partial charge in [-0.3, -0.25) is 9.69 Å². The first-order valence-electron chi connectivity index (χ1n) is 7.94. The summed E-state index contributed by atoms with van der Waals surface area (Å²) in [5, 5.41) is 18.8. The van der Waals surface area contributed by atoms with E-state index in [9.17, 15) is 10.1 Å². The molecule has 0 aromatic heterocycles. The first-order valence-corrected chi connectivity index (χ1v) is 8.32. The zero-order valence-electron chi connectivity index (χ0n) is 13.7. The van der Waals surface area contributed by atoms with E-state index in [-0.39, 0.29) is 11.5 Å². The summed E-state index contributed by atoms with van der Waals surface area (Å²) in [6.07, 6.45) is 1.42. The molecule has 0 radical (unpaired) electrons. The Labute approximate surface area is 147 Å². The SMILES string of the molecule is Cc1ccc(Cl)cc1N/C=C(/C#N)C(=O)NCCN1CCNCC1. The van der Waals surface area contributed by atoms with E-state index in [2.05, 4.69) is 20.9 Å². The van der Waals surface area contributed by atoms with Crippen molar-refractivity contribution in [2.24, 2.45) is 0 Å². The van der Waals surface area contributed by atoms with Gasteiger partial charge in [0, 0.05) is 56.2 Å². The maximum Gasteiger partial charge on any atom is 0.263 e. The zero-order valence-corrected chi connectivity index (χ0v) is 14.5. The molecular formula is C17H22ClN5O. The number of halogens is 1. The maximum absolute atomic E-state index is 12.1. The average Bonchev–Trinajstić information content (AvgIpc) is 2.59. The smallest absolute Gasteiger partial charge is 0.263 e. The van der Waals surface area contributed by atoms with Crippen LogP contribution in [-0.4, -0.2) is 50.1 Å². The molecule has 0 saturated carbocycles. The number of carbonyl (C=O) groups is 1. The molecule has 24 heavy (non-hydrogen) atoms. The van der Waals surface area contributed by atoms with E-state index in [0.29, 0.717) is 11.6 Å². The molecule has 0 atom stereocenters. The van der Waals surface area contributed by atoms with E-state index < -0.39 is 0 Å². The molecule has 3 N–H and O–H groups in total. The molecule has 1 fully saturated rings. The van der Waals surface area contributed by atoms with Gasteiger partial charge in [0.15, 0.2) is 0 Å². The molecule has 0 bridgehead atoms. The molecule has 1 aliphatic rings. The number of nitriles is 1. The molecule has 0 spiro atoms. The van der Waals surface area contributed by atoms with E-state index in [1.54, 1.807) is 12.1 Å². The van der Waals surface area contributed by atoms with E-state index in [4.69, 9.17) is 11.6 Å². The van der Waals surface area contributed by atoms with E-state index >= 15 is 0 Å². The highest BCUT2D eigenvalue weighted by molar-refractivity contribution is 6.30. The quantitative estimate of drug-likeness (QED) is 0.536. The third-order valence-corrected chi connectivity index (χ3v) is 4.10. The summed E-state index contributed by atoms with van der Waals surface area (Å²) in [5.41, 5.74) is 1.78. The van der Waals surface area contributed by atoms with Crippen LogP contribution in [0.15, 0.2) is 30.0 Å². The predicted octanol–water partition coefficient (Wildman–Crippen LogP) is 1.49. The Balaban J connectivity index is 1.86. The third-order valence-electron chi connectivity index (χ3n) is 3.86. The summed E-state index contributed by atoms with van der Waals surface area (Å²) < 4.78 is 0. The van der Waals surface area contributed by atoms with E-state index in [0.717, 1.165) is 44.0 Å². The number of anilines is 1. The van der Waals surface area contributed by atoms with Crippen molar-refractivity contribution in [2.45, 2.75) is 6.92 Å². The second-order valence-electron chi connectivity index (χ2n) is 5.62. The number of rotatable bonds is 6. The largest absolute Gasteiger partial charge is 0.360 e. The lowest BCUT2D eigenvalue weighted by atomic mass is 10.2. The van der Waals surface area contributed by atoms with Crippen molar-refractivity contribution in [3.8, 4) is 6.07 Å². The van der Waals surface area contributed by atoms with Crippen molar-refractivity contribution in [2.75, 3.05) is 44.6 Å². The lowest BCUT2D eigenvalue weighted by Gasteiger charge is -2.27. The summed E-state index contributed by atoms with van der Waals surface area (Å²) in [6.45, 7) is 7.13. The fourth-order valence-corrected chi connectivity index (χ4v) is 2.58. The number of benzene rings is 1. The van der Waals surface area contributed by atoms with Crippen LogP contribution in [0.1, 0.15) is 5.56 Å². The van der Waals surface area contributed by atoms with Gasteiger partial charge in [-0.1, -0.05) is 17.7 Å². The summed E-state index contributed by atoms with van der Waals surface area (Å²) in [6, 6.07) is 7.34. The normalized spacial score (nSPS) is 15.6. The average molecular weight is 348 g/mol. The van der Waals surface area contributed by atoms with Crippen molar-refractivity contribution >= 4 is 23.2 Å². The second-order valence-corrected chi connectivity index (χ2v) is 6.06. The molecule has 1 aromatic carbocycles. The minimum Gasteiger partial charge on any atom is -0.360 e. The van der Waals surface area contributed by atoms with Gasteiger partial charge in [-0.05, 0) is 24.6 Å². The minimum absolute atomic E-state index is 0.0367. The fourth-order valence-electron chi connectivity index (χ4n) is 2.41. The number of carbonyl (C=O) groups excluding carboxylic acids is 1. The van der Waals surface area contributed by atoms with Gasteiger partial charge in [0.25, 0.3) is 5.91 Å². The lowest BCUT2D eigenvalue weighted by Crippen LogP contribution is -2.46. The Bertz CT molecular complexity index is 647. The predicted molar refractivity (Wildman–Crippen MR) is 95.8 cm³/mol. The number of aryl methyl sites for hydroxylation is 1. The van der Waals surface area contributed by atoms with Gasteiger partial charge in [0.1, 0.15) is 11.6 Å². The molecule has 6 nitrogen and oxygen atoms in total. The number of amides is 1. The van der Waals surface area contributed by atoms with Crippen molar-refractivity contribution in [1.82, 2.24) is 15.5 Å². The molecule has 1 heterocycles. The number of hydrogen-bond acceptors (Lipinski definition) is 5. The Hall–Kier alpha value is -2.07. The third kappa shape index (κ3) is 5.53. The van der Waals surface area contributed by atoms with Crippen LogP contribution < -0.4 is 16.0 Å². The summed E-state index contributed by atoms with van der Waals surface area (Å²) in [7, 11) is 0. The molecule has 2 rings (SSSR count). The monoisotopic (exact) mass is 347 g/mol. The summed E-state index contributed by atoms with van der Waals surface area (Å²) >= 11 is 5.96. The molecule has 0 unspecified atom stereocenters.